The fourth-order valence-electron chi connectivity index (χ4n) is 1.54. The third-order valence-corrected chi connectivity index (χ3v) is 2.43. The van der Waals surface area contributed by atoms with Gasteiger partial charge >= 0.3 is 6.18 Å². The Bertz CT molecular complexity index is 615. The van der Waals surface area contributed by atoms with Gasteiger partial charge in [0.25, 0.3) is 0 Å². The predicted octanol–water partition coefficient (Wildman–Crippen LogP) is 4.59. The molecule has 2 aromatic carbocycles. The summed E-state index contributed by atoms with van der Waals surface area (Å²) in [5.74, 6) is -3.88. The fraction of sp³-hybridized carbons (Fsp3) is 0.0769. The summed E-state index contributed by atoms with van der Waals surface area (Å²) >= 11 is 0. The van der Waals surface area contributed by atoms with Gasteiger partial charge in [0.05, 0.1) is 5.56 Å². The predicted molar refractivity (Wildman–Crippen MR) is 55.6 cm³/mol. The largest absolute Gasteiger partial charge is 0.417 e. The first-order chi connectivity index (χ1) is 8.79. The highest BCUT2D eigenvalue weighted by molar-refractivity contribution is 5.65. The van der Waals surface area contributed by atoms with Gasteiger partial charge in [0, 0.05) is 11.6 Å². The van der Waals surface area contributed by atoms with Crippen LogP contribution < -0.4 is 0 Å². The maximum atomic E-state index is 13.4. The van der Waals surface area contributed by atoms with Crippen LogP contribution in [-0.2, 0) is 6.18 Å². The van der Waals surface area contributed by atoms with Crippen molar-refractivity contribution in [3.05, 3.63) is 59.4 Å². The summed E-state index contributed by atoms with van der Waals surface area (Å²) in [6, 6.07) is 5.44. The normalized spacial score (nSPS) is 11.7. The molecule has 0 bridgehead atoms. The van der Waals surface area contributed by atoms with Gasteiger partial charge in [-0.3, -0.25) is 0 Å². The summed E-state index contributed by atoms with van der Waals surface area (Å²) in [5.41, 5.74) is -1.77. The van der Waals surface area contributed by atoms with Crippen LogP contribution in [0.3, 0.4) is 0 Å². The Morgan fingerprint density at radius 2 is 1.47 bits per heavy atom. The molecule has 0 unspecified atom stereocenters. The van der Waals surface area contributed by atoms with Crippen molar-refractivity contribution in [2.24, 2.45) is 0 Å². The Kier molecular flexibility index (Phi) is 3.26. The fourth-order valence-corrected chi connectivity index (χ4v) is 1.54. The van der Waals surface area contributed by atoms with Gasteiger partial charge in [-0.15, -0.1) is 0 Å². The molecule has 0 aliphatic heterocycles. The Hall–Kier alpha value is -1.98. The lowest BCUT2D eigenvalue weighted by atomic mass is 10.0. The van der Waals surface area contributed by atoms with Gasteiger partial charge in [-0.25, -0.2) is 13.2 Å². The molecule has 6 heteroatoms. The summed E-state index contributed by atoms with van der Waals surface area (Å²) in [4.78, 5) is 0. The van der Waals surface area contributed by atoms with Gasteiger partial charge in [-0.05, 0) is 23.8 Å². The molecule has 0 saturated heterocycles. The van der Waals surface area contributed by atoms with Crippen LogP contribution in [-0.4, -0.2) is 0 Å². The Morgan fingerprint density at radius 3 is 2.11 bits per heavy atom. The summed E-state index contributed by atoms with van der Waals surface area (Å²) in [7, 11) is 0. The smallest absolute Gasteiger partial charge is 0.206 e. The zero-order valence-electron chi connectivity index (χ0n) is 9.15. The molecule has 0 N–H and O–H groups in total. The minimum atomic E-state index is -4.65. The molecular weight excluding hydrogens is 270 g/mol. The van der Waals surface area contributed by atoms with Crippen molar-refractivity contribution in [1.29, 1.82) is 0 Å². The van der Waals surface area contributed by atoms with Crippen LogP contribution in [0.15, 0.2) is 30.3 Å². The van der Waals surface area contributed by atoms with Crippen LogP contribution in [0, 0.1) is 23.5 Å². The first-order valence-corrected chi connectivity index (χ1v) is 5.03. The second-order valence-corrected chi connectivity index (χ2v) is 3.73. The molecule has 2 aromatic rings. The Labute approximate surface area is 104 Å². The van der Waals surface area contributed by atoms with Crippen LogP contribution in [0.5, 0.6) is 0 Å². The van der Waals surface area contributed by atoms with Gasteiger partial charge in [-0.1, -0.05) is 12.1 Å². The lowest BCUT2D eigenvalue weighted by Crippen LogP contribution is -2.05. The molecule has 99 valence electrons. The highest BCUT2D eigenvalue weighted by Crippen LogP contribution is 2.33. The molecule has 0 heterocycles. The van der Waals surface area contributed by atoms with E-state index in [0.29, 0.717) is 12.1 Å². The summed E-state index contributed by atoms with van der Waals surface area (Å²) in [6.07, 6.45) is -4.65. The van der Waals surface area contributed by atoms with Crippen molar-refractivity contribution in [2.75, 3.05) is 0 Å². The van der Waals surface area contributed by atoms with Gasteiger partial charge in [0.15, 0.2) is 11.6 Å². The summed E-state index contributed by atoms with van der Waals surface area (Å²) < 4.78 is 76.6. The maximum Gasteiger partial charge on any atom is 0.417 e. The van der Waals surface area contributed by atoms with Crippen LogP contribution >= 0.6 is 0 Å². The molecule has 0 amide bonds. The maximum absolute atomic E-state index is 13.4. The van der Waals surface area contributed by atoms with Crippen LogP contribution in [0.1, 0.15) is 5.56 Å². The van der Waals surface area contributed by atoms with Crippen LogP contribution in [0.25, 0.3) is 11.1 Å². The molecule has 0 aliphatic carbocycles. The lowest BCUT2D eigenvalue weighted by molar-refractivity contribution is -0.137. The first kappa shape index (κ1) is 13.5. The van der Waals surface area contributed by atoms with Crippen molar-refractivity contribution in [1.82, 2.24) is 0 Å². The van der Waals surface area contributed by atoms with E-state index in [4.69, 9.17) is 0 Å². The molecule has 0 atom stereocenters. The monoisotopic (exact) mass is 275 g/mol. The van der Waals surface area contributed by atoms with Gasteiger partial charge in [0.1, 0.15) is 5.82 Å². The van der Waals surface area contributed by atoms with E-state index in [0.717, 1.165) is 12.1 Å². The molecule has 0 fully saturated rings. The van der Waals surface area contributed by atoms with E-state index in [-0.39, 0.29) is 11.6 Å². The lowest BCUT2D eigenvalue weighted by Gasteiger charge is -2.09. The van der Waals surface area contributed by atoms with Gasteiger partial charge < -0.3 is 0 Å². The second kappa shape index (κ2) is 4.60. The molecule has 0 nitrogen and oxygen atoms in total. The number of rotatable bonds is 1. The van der Waals surface area contributed by atoms with Crippen molar-refractivity contribution >= 4 is 0 Å². The Balaban J connectivity index is 2.57. The van der Waals surface area contributed by atoms with Crippen molar-refractivity contribution in [3.63, 3.8) is 0 Å². The number of alkyl halides is 3. The van der Waals surface area contributed by atoms with Crippen molar-refractivity contribution < 1.29 is 26.3 Å². The van der Waals surface area contributed by atoms with E-state index in [1.54, 1.807) is 0 Å². The standard InChI is InChI=1S/C13H5F6/c14-10-6-12(16)11(15)5-9(10)7-2-1-3-8(4-7)13(17,18)19/h1-2,4-6H. The molecule has 0 spiro atoms. The molecule has 0 aromatic heterocycles. The molecule has 0 saturated carbocycles. The third kappa shape index (κ3) is 2.72. The quantitative estimate of drug-likeness (QED) is 0.527. The van der Waals surface area contributed by atoms with E-state index < -0.39 is 34.8 Å². The minimum absolute atomic E-state index is 0.206. The second-order valence-electron chi connectivity index (χ2n) is 3.73. The van der Waals surface area contributed by atoms with Crippen molar-refractivity contribution in [2.45, 2.75) is 6.18 Å². The van der Waals surface area contributed by atoms with Crippen molar-refractivity contribution in [3.8, 4) is 11.1 Å². The summed E-state index contributed by atoms with van der Waals surface area (Å²) in [5, 5.41) is 0. The average Bonchev–Trinajstić information content (AvgIpc) is 2.33. The molecule has 19 heavy (non-hydrogen) atoms. The van der Waals surface area contributed by atoms with E-state index >= 15 is 0 Å². The molecule has 2 rings (SSSR count). The van der Waals surface area contributed by atoms with E-state index in [1.807, 2.05) is 6.07 Å². The zero-order chi connectivity index (χ0) is 14.2. The molecule has 1 radical (unpaired) electrons. The highest BCUT2D eigenvalue weighted by atomic mass is 19.4. The Morgan fingerprint density at radius 1 is 0.842 bits per heavy atom. The third-order valence-electron chi connectivity index (χ3n) is 2.43. The molecule has 0 aliphatic rings. The van der Waals surface area contributed by atoms with Crippen LogP contribution in [0.2, 0.25) is 0 Å². The molecular formula is C13H5F6. The number of hydrogen-bond donors (Lipinski definition) is 0. The van der Waals surface area contributed by atoms with E-state index in [9.17, 15) is 26.3 Å². The number of halogens is 6. The van der Waals surface area contributed by atoms with E-state index in [1.165, 1.54) is 0 Å². The zero-order valence-corrected chi connectivity index (χ0v) is 9.15. The van der Waals surface area contributed by atoms with E-state index in [2.05, 4.69) is 0 Å². The summed E-state index contributed by atoms with van der Waals surface area (Å²) in [6.45, 7) is 0. The van der Waals surface area contributed by atoms with Gasteiger partial charge in [-0.2, -0.15) is 13.2 Å². The van der Waals surface area contributed by atoms with Crippen LogP contribution in [0.4, 0.5) is 26.3 Å². The first-order valence-electron chi connectivity index (χ1n) is 5.03. The number of benzene rings is 2. The number of hydrogen-bond acceptors (Lipinski definition) is 0. The topological polar surface area (TPSA) is 0 Å². The highest BCUT2D eigenvalue weighted by Gasteiger charge is 2.31. The van der Waals surface area contributed by atoms with Gasteiger partial charge in [0.2, 0.25) is 0 Å². The minimum Gasteiger partial charge on any atom is -0.206 e. The SMILES string of the molecule is Fc1cc(F)c(-c2cc[c]c(C(F)(F)F)c2)cc1F. The average molecular weight is 275 g/mol.